The smallest absolute Gasteiger partial charge is 0.331 e. The van der Waals surface area contributed by atoms with Gasteiger partial charge in [-0.05, 0) is 24.3 Å². The Kier molecular flexibility index (Phi) is 4.46. The normalized spacial score (nSPS) is 10.1. The standard InChI is InChI=1S/C13H14N4O3/c1-20-8-12(18)15-10-2-4-11(5-3-10)16-13(19)17-7-6-14-9-17/h2-7,9H,8H2,1H3,(H,15,18)(H,16,19). The van der Waals surface area contributed by atoms with Crippen LogP contribution in [0.5, 0.6) is 0 Å². The SMILES string of the molecule is COCC(=O)Nc1ccc(NC(=O)n2ccnc2)cc1. The lowest BCUT2D eigenvalue weighted by Crippen LogP contribution is -2.18. The molecule has 0 unspecified atom stereocenters. The van der Waals surface area contributed by atoms with Gasteiger partial charge in [0.15, 0.2) is 0 Å². The fourth-order valence-corrected chi connectivity index (χ4v) is 1.53. The number of anilines is 2. The minimum Gasteiger partial charge on any atom is -0.375 e. The summed E-state index contributed by atoms with van der Waals surface area (Å²) in [6, 6.07) is 6.46. The molecule has 2 N–H and O–H groups in total. The van der Waals surface area contributed by atoms with E-state index < -0.39 is 0 Å². The Hall–Kier alpha value is -2.67. The minimum atomic E-state index is -0.307. The third kappa shape index (κ3) is 3.66. The number of carbonyl (C=O) groups is 2. The van der Waals surface area contributed by atoms with Crippen LogP contribution in [0.1, 0.15) is 0 Å². The van der Waals surface area contributed by atoms with Crippen LogP contribution in [0.4, 0.5) is 16.2 Å². The number of amides is 2. The van der Waals surface area contributed by atoms with Crippen molar-refractivity contribution in [2.24, 2.45) is 0 Å². The Morgan fingerprint density at radius 3 is 2.40 bits per heavy atom. The predicted octanol–water partition coefficient (Wildman–Crippen LogP) is 1.55. The highest BCUT2D eigenvalue weighted by Crippen LogP contribution is 2.13. The molecule has 20 heavy (non-hydrogen) atoms. The summed E-state index contributed by atoms with van der Waals surface area (Å²) in [5.41, 5.74) is 1.25. The van der Waals surface area contributed by atoms with Gasteiger partial charge < -0.3 is 15.4 Å². The van der Waals surface area contributed by atoms with E-state index in [0.717, 1.165) is 0 Å². The molecule has 0 aliphatic carbocycles. The quantitative estimate of drug-likeness (QED) is 0.885. The Bertz CT molecular complexity index is 578. The van der Waals surface area contributed by atoms with Gasteiger partial charge in [0.25, 0.3) is 0 Å². The molecule has 0 radical (unpaired) electrons. The number of rotatable bonds is 4. The number of hydrogen-bond donors (Lipinski definition) is 2. The van der Waals surface area contributed by atoms with E-state index in [1.54, 1.807) is 30.5 Å². The summed E-state index contributed by atoms with van der Waals surface area (Å²) >= 11 is 0. The molecule has 7 heteroatoms. The average molecular weight is 274 g/mol. The highest BCUT2D eigenvalue weighted by molar-refractivity contribution is 5.93. The lowest BCUT2D eigenvalue weighted by molar-refractivity contribution is -0.119. The third-order valence-corrected chi connectivity index (χ3v) is 2.43. The Labute approximate surface area is 115 Å². The van der Waals surface area contributed by atoms with Gasteiger partial charge in [-0.1, -0.05) is 0 Å². The number of imidazole rings is 1. The summed E-state index contributed by atoms with van der Waals surface area (Å²) in [4.78, 5) is 26.9. The molecule has 0 saturated heterocycles. The zero-order valence-corrected chi connectivity index (χ0v) is 10.9. The van der Waals surface area contributed by atoms with Gasteiger partial charge in [0.2, 0.25) is 5.91 Å². The fraction of sp³-hybridized carbons (Fsp3) is 0.154. The molecule has 1 heterocycles. The topological polar surface area (TPSA) is 85.3 Å². The van der Waals surface area contributed by atoms with Crippen LogP contribution < -0.4 is 10.6 Å². The van der Waals surface area contributed by atoms with Crippen LogP contribution in [0.25, 0.3) is 0 Å². The lowest BCUT2D eigenvalue weighted by atomic mass is 10.3. The molecule has 7 nitrogen and oxygen atoms in total. The van der Waals surface area contributed by atoms with Crippen molar-refractivity contribution < 1.29 is 14.3 Å². The Balaban J connectivity index is 1.95. The van der Waals surface area contributed by atoms with Gasteiger partial charge in [-0.25, -0.2) is 9.78 Å². The molecular weight excluding hydrogens is 260 g/mol. The highest BCUT2D eigenvalue weighted by Gasteiger charge is 2.05. The molecule has 0 aliphatic heterocycles. The van der Waals surface area contributed by atoms with Crippen molar-refractivity contribution in [3.63, 3.8) is 0 Å². The summed E-state index contributed by atoms with van der Waals surface area (Å²) in [6.07, 6.45) is 4.48. The average Bonchev–Trinajstić information content (AvgIpc) is 2.95. The first kappa shape index (κ1) is 13.8. The zero-order valence-electron chi connectivity index (χ0n) is 10.9. The minimum absolute atomic E-state index is 0.000876. The highest BCUT2D eigenvalue weighted by atomic mass is 16.5. The van der Waals surface area contributed by atoms with Crippen molar-refractivity contribution in [2.75, 3.05) is 24.4 Å². The van der Waals surface area contributed by atoms with Crippen LogP contribution >= 0.6 is 0 Å². The van der Waals surface area contributed by atoms with Crippen molar-refractivity contribution in [2.45, 2.75) is 0 Å². The van der Waals surface area contributed by atoms with Crippen LogP contribution in [0, 0.1) is 0 Å². The van der Waals surface area contributed by atoms with Gasteiger partial charge in [-0.3, -0.25) is 9.36 Å². The Morgan fingerprint density at radius 2 is 1.85 bits per heavy atom. The van der Waals surface area contributed by atoms with Crippen LogP contribution in [0.2, 0.25) is 0 Å². The molecule has 1 aromatic carbocycles. The first-order valence-electron chi connectivity index (χ1n) is 5.87. The molecular formula is C13H14N4O3. The van der Waals surface area contributed by atoms with Crippen LogP contribution in [-0.2, 0) is 9.53 Å². The number of benzene rings is 1. The number of carbonyl (C=O) groups excluding carboxylic acids is 2. The van der Waals surface area contributed by atoms with Gasteiger partial charge in [0, 0.05) is 30.9 Å². The van der Waals surface area contributed by atoms with Crippen molar-refractivity contribution in [1.82, 2.24) is 9.55 Å². The molecule has 0 saturated carbocycles. The molecule has 0 atom stereocenters. The predicted molar refractivity (Wildman–Crippen MR) is 73.6 cm³/mol. The maximum Gasteiger partial charge on any atom is 0.331 e. The molecule has 104 valence electrons. The summed E-state index contributed by atoms with van der Waals surface area (Å²) in [5, 5.41) is 5.36. The summed E-state index contributed by atoms with van der Waals surface area (Å²) < 4.78 is 6.04. The second-order valence-electron chi connectivity index (χ2n) is 3.96. The largest absolute Gasteiger partial charge is 0.375 e. The van der Waals surface area contributed by atoms with Crippen molar-refractivity contribution in [3.05, 3.63) is 43.0 Å². The number of ether oxygens (including phenoxy) is 1. The van der Waals surface area contributed by atoms with E-state index in [0.29, 0.717) is 11.4 Å². The summed E-state index contributed by atoms with van der Waals surface area (Å²) in [6.45, 7) is -0.000876. The molecule has 0 bridgehead atoms. The first-order chi connectivity index (χ1) is 9.69. The molecule has 2 amide bonds. The molecule has 0 fully saturated rings. The number of nitrogens with one attached hydrogen (secondary N) is 2. The molecule has 0 spiro atoms. The van der Waals surface area contributed by atoms with Gasteiger partial charge in [-0.15, -0.1) is 0 Å². The number of aromatic nitrogens is 2. The van der Waals surface area contributed by atoms with Crippen molar-refractivity contribution in [3.8, 4) is 0 Å². The Morgan fingerprint density at radius 1 is 1.20 bits per heavy atom. The van der Waals surface area contributed by atoms with E-state index in [9.17, 15) is 9.59 Å². The van der Waals surface area contributed by atoms with E-state index in [1.165, 1.54) is 24.2 Å². The molecule has 1 aromatic heterocycles. The van der Waals surface area contributed by atoms with Gasteiger partial charge in [0.1, 0.15) is 12.9 Å². The van der Waals surface area contributed by atoms with Crippen LogP contribution in [-0.4, -0.2) is 35.2 Å². The van der Waals surface area contributed by atoms with Crippen LogP contribution in [0.15, 0.2) is 43.0 Å². The van der Waals surface area contributed by atoms with E-state index in [4.69, 9.17) is 4.74 Å². The van der Waals surface area contributed by atoms with Crippen LogP contribution in [0.3, 0.4) is 0 Å². The van der Waals surface area contributed by atoms with Gasteiger partial charge >= 0.3 is 6.03 Å². The second-order valence-corrected chi connectivity index (χ2v) is 3.96. The number of nitrogens with zero attached hydrogens (tertiary/aromatic N) is 2. The maximum atomic E-state index is 11.7. The van der Waals surface area contributed by atoms with E-state index in [-0.39, 0.29) is 18.5 Å². The molecule has 2 aromatic rings. The number of hydrogen-bond acceptors (Lipinski definition) is 4. The fourth-order valence-electron chi connectivity index (χ4n) is 1.53. The van der Waals surface area contributed by atoms with Crippen molar-refractivity contribution >= 4 is 23.3 Å². The van der Waals surface area contributed by atoms with Gasteiger partial charge in [0.05, 0.1) is 0 Å². The monoisotopic (exact) mass is 274 g/mol. The second kappa shape index (κ2) is 6.48. The molecule has 2 rings (SSSR count). The molecule has 0 aliphatic rings. The van der Waals surface area contributed by atoms with E-state index >= 15 is 0 Å². The zero-order chi connectivity index (χ0) is 14.4. The van der Waals surface area contributed by atoms with Gasteiger partial charge in [-0.2, -0.15) is 0 Å². The third-order valence-electron chi connectivity index (χ3n) is 2.43. The maximum absolute atomic E-state index is 11.7. The first-order valence-corrected chi connectivity index (χ1v) is 5.87. The lowest BCUT2D eigenvalue weighted by Gasteiger charge is -2.07. The summed E-state index contributed by atoms with van der Waals surface area (Å²) in [7, 11) is 1.45. The van der Waals surface area contributed by atoms with E-state index in [1.807, 2.05) is 0 Å². The van der Waals surface area contributed by atoms with E-state index in [2.05, 4.69) is 15.6 Å². The summed E-state index contributed by atoms with van der Waals surface area (Å²) in [5.74, 6) is -0.234. The van der Waals surface area contributed by atoms with Crippen molar-refractivity contribution in [1.29, 1.82) is 0 Å². The number of methoxy groups -OCH3 is 1.